The average molecular weight is 199 g/mol. The normalized spacial score (nSPS) is 24.9. The Morgan fingerprint density at radius 1 is 1.21 bits per heavy atom. The van der Waals surface area contributed by atoms with Crippen LogP contribution in [0.5, 0.6) is 0 Å². The molecule has 1 atom stereocenters. The van der Waals surface area contributed by atoms with E-state index in [1.165, 1.54) is 50.2 Å². The maximum Gasteiger partial charge on any atom is 0.135 e. The van der Waals surface area contributed by atoms with E-state index in [4.69, 9.17) is 0 Å². The Hall–Kier alpha value is -0.0800. The lowest BCUT2D eigenvalue weighted by Gasteiger charge is -2.46. The lowest BCUT2D eigenvalue weighted by molar-refractivity contribution is -0.940. The van der Waals surface area contributed by atoms with Crippen molar-refractivity contribution in [3.8, 4) is 0 Å². The highest BCUT2D eigenvalue weighted by molar-refractivity contribution is 4.66. The van der Waals surface area contributed by atoms with Crippen molar-refractivity contribution in [1.82, 2.24) is 4.90 Å². The molecule has 0 radical (unpaired) electrons. The second-order valence-electron chi connectivity index (χ2n) is 4.76. The van der Waals surface area contributed by atoms with Gasteiger partial charge in [0.15, 0.2) is 0 Å². The van der Waals surface area contributed by atoms with Crippen LogP contribution >= 0.6 is 0 Å². The van der Waals surface area contributed by atoms with Gasteiger partial charge >= 0.3 is 0 Å². The SMILES string of the molecule is CCC(C)N1CCC[N+](CC)(CC)C1. The Labute approximate surface area is 89.5 Å². The van der Waals surface area contributed by atoms with Crippen molar-refractivity contribution in [3.63, 3.8) is 0 Å². The highest BCUT2D eigenvalue weighted by Gasteiger charge is 2.31. The lowest BCUT2D eigenvalue weighted by atomic mass is 10.1. The minimum Gasteiger partial charge on any atom is -0.311 e. The molecular formula is C12H27N2+. The van der Waals surface area contributed by atoms with E-state index in [1.54, 1.807) is 0 Å². The molecule has 14 heavy (non-hydrogen) atoms. The first-order valence-corrected chi connectivity index (χ1v) is 6.26. The van der Waals surface area contributed by atoms with Crippen LogP contribution in [0, 0.1) is 0 Å². The van der Waals surface area contributed by atoms with E-state index in [1.807, 2.05) is 0 Å². The molecular weight excluding hydrogens is 172 g/mol. The molecule has 0 aromatic rings. The molecule has 1 unspecified atom stereocenters. The second kappa shape index (κ2) is 5.13. The number of hydrogen-bond donors (Lipinski definition) is 0. The molecule has 1 saturated heterocycles. The van der Waals surface area contributed by atoms with Gasteiger partial charge in [-0.25, -0.2) is 0 Å². The van der Waals surface area contributed by atoms with E-state index < -0.39 is 0 Å². The van der Waals surface area contributed by atoms with Gasteiger partial charge in [-0.05, 0) is 27.2 Å². The van der Waals surface area contributed by atoms with E-state index in [9.17, 15) is 0 Å². The topological polar surface area (TPSA) is 3.24 Å². The lowest BCUT2D eigenvalue weighted by Crippen LogP contribution is -2.60. The average Bonchev–Trinajstić information content (AvgIpc) is 2.28. The molecule has 1 fully saturated rings. The maximum absolute atomic E-state index is 2.68. The molecule has 84 valence electrons. The first-order chi connectivity index (χ1) is 6.67. The molecule has 2 heteroatoms. The summed E-state index contributed by atoms with van der Waals surface area (Å²) in [5.74, 6) is 0. The zero-order valence-electron chi connectivity index (χ0n) is 10.4. The number of nitrogens with zero attached hydrogens (tertiary/aromatic N) is 2. The zero-order valence-corrected chi connectivity index (χ0v) is 10.4. The van der Waals surface area contributed by atoms with Crippen LogP contribution in [0.2, 0.25) is 0 Å². The molecule has 0 bridgehead atoms. The summed E-state index contributed by atoms with van der Waals surface area (Å²) in [7, 11) is 0. The van der Waals surface area contributed by atoms with Gasteiger partial charge in [0.1, 0.15) is 6.67 Å². The molecule has 0 aromatic heterocycles. The Morgan fingerprint density at radius 2 is 1.86 bits per heavy atom. The second-order valence-corrected chi connectivity index (χ2v) is 4.76. The highest BCUT2D eigenvalue weighted by atomic mass is 15.5. The summed E-state index contributed by atoms with van der Waals surface area (Å²) in [4.78, 5) is 2.68. The molecule has 1 rings (SSSR count). The molecule has 1 heterocycles. The smallest absolute Gasteiger partial charge is 0.135 e. The van der Waals surface area contributed by atoms with Crippen molar-refractivity contribution in [2.24, 2.45) is 0 Å². The van der Waals surface area contributed by atoms with Gasteiger partial charge in [0, 0.05) is 19.0 Å². The van der Waals surface area contributed by atoms with Crippen LogP contribution in [0.1, 0.15) is 40.5 Å². The van der Waals surface area contributed by atoms with Gasteiger partial charge in [0.25, 0.3) is 0 Å². The molecule has 1 aliphatic rings. The van der Waals surface area contributed by atoms with Crippen molar-refractivity contribution >= 4 is 0 Å². The monoisotopic (exact) mass is 199 g/mol. The summed E-state index contributed by atoms with van der Waals surface area (Å²) in [6.07, 6.45) is 2.67. The molecule has 0 aliphatic carbocycles. The van der Waals surface area contributed by atoms with E-state index >= 15 is 0 Å². The number of hydrogen-bond acceptors (Lipinski definition) is 1. The van der Waals surface area contributed by atoms with Gasteiger partial charge in [-0.2, -0.15) is 0 Å². The Balaban J connectivity index is 2.58. The predicted octanol–water partition coefficient (Wildman–Crippen LogP) is 2.30. The third-order valence-electron chi connectivity index (χ3n) is 4.12. The van der Waals surface area contributed by atoms with Crippen molar-refractivity contribution in [3.05, 3.63) is 0 Å². The summed E-state index contributed by atoms with van der Waals surface area (Å²) in [5.41, 5.74) is 0. The van der Waals surface area contributed by atoms with Gasteiger partial charge in [0.05, 0.1) is 19.6 Å². The van der Waals surface area contributed by atoms with Crippen molar-refractivity contribution in [1.29, 1.82) is 0 Å². The predicted molar refractivity (Wildman–Crippen MR) is 62.2 cm³/mol. The molecule has 2 nitrogen and oxygen atoms in total. The fraction of sp³-hybridized carbons (Fsp3) is 1.00. The third kappa shape index (κ3) is 2.48. The van der Waals surface area contributed by atoms with E-state index in [2.05, 4.69) is 32.6 Å². The van der Waals surface area contributed by atoms with Crippen molar-refractivity contribution < 1.29 is 4.48 Å². The van der Waals surface area contributed by atoms with Crippen LogP contribution in [-0.4, -0.2) is 48.3 Å². The Bertz CT molecular complexity index is 164. The van der Waals surface area contributed by atoms with Gasteiger partial charge < -0.3 is 4.48 Å². The van der Waals surface area contributed by atoms with Gasteiger partial charge in [-0.15, -0.1) is 0 Å². The highest BCUT2D eigenvalue weighted by Crippen LogP contribution is 2.18. The quantitative estimate of drug-likeness (QED) is 0.628. The summed E-state index contributed by atoms with van der Waals surface area (Å²) in [6.45, 7) is 15.9. The van der Waals surface area contributed by atoms with Gasteiger partial charge in [-0.1, -0.05) is 6.92 Å². The zero-order chi connectivity index (χ0) is 10.6. The van der Waals surface area contributed by atoms with Gasteiger partial charge in [-0.3, -0.25) is 4.90 Å². The van der Waals surface area contributed by atoms with Gasteiger partial charge in [0.2, 0.25) is 0 Å². The van der Waals surface area contributed by atoms with E-state index in [-0.39, 0.29) is 0 Å². The minimum absolute atomic E-state index is 0.769. The van der Waals surface area contributed by atoms with E-state index in [0.29, 0.717) is 0 Å². The molecule has 0 amide bonds. The van der Waals surface area contributed by atoms with E-state index in [0.717, 1.165) is 6.04 Å². The molecule has 0 saturated carbocycles. The minimum atomic E-state index is 0.769. The van der Waals surface area contributed by atoms with Crippen LogP contribution in [-0.2, 0) is 0 Å². The molecule has 1 aliphatic heterocycles. The van der Waals surface area contributed by atoms with Crippen LogP contribution in [0.15, 0.2) is 0 Å². The largest absolute Gasteiger partial charge is 0.311 e. The summed E-state index contributed by atoms with van der Waals surface area (Å²) in [5, 5.41) is 0. The maximum atomic E-state index is 2.68. The Kier molecular flexibility index (Phi) is 4.39. The van der Waals surface area contributed by atoms with Crippen LogP contribution in [0.25, 0.3) is 0 Å². The van der Waals surface area contributed by atoms with Crippen molar-refractivity contribution in [2.75, 3.05) is 32.8 Å². The summed E-state index contributed by atoms with van der Waals surface area (Å²) >= 11 is 0. The van der Waals surface area contributed by atoms with Crippen molar-refractivity contribution in [2.45, 2.75) is 46.6 Å². The molecule has 0 spiro atoms. The number of quaternary nitrogens is 1. The van der Waals surface area contributed by atoms with Crippen LogP contribution in [0.3, 0.4) is 0 Å². The molecule has 0 aromatic carbocycles. The van der Waals surface area contributed by atoms with Crippen LogP contribution < -0.4 is 0 Å². The fourth-order valence-electron chi connectivity index (χ4n) is 2.49. The third-order valence-corrected chi connectivity index (χ3v) is 4.12. The fourth-order valence-corrected chi connectivity index (χ4v) is 2.49. The Morgan fingerprint density at radius 3 is 2.36 bits per heavy atom. The standard InChI is InChI=1S/C12H27N2/c1-5-12(4)13-9-8-10-14(6-2,7-3)11-13/h12H,5-11H2,1-4H3/q+1. The number of rotatable bonds is 4. The van der Waals surface area contributed by atoms with Crippen LogP contribution in [0.4, 0.5) is 0 Å². The summed E-state index contributed by atoms with van der Waals surface area (Å²) in [6, 6.07) is 0.769. The first kappa shape index (κ1) is 12.0. The first-order valence-electron chi connectivity index (χ1n) is 6.26. The summed E-state index contributed by atoms with van der Waals surface area (Å²) < 4.78 is 1.31. The molecule has 0 N–H and O–H groups in total.